The third-order valence-electron chi connectivity index (χ3n) is 5.14. The van der Waals surface area contributed by atoms with E-state index in [9.17, 15) is 9.59 Å². The fourth-order valence-corrected chi connectivity index (χ4v) is 3.36. The number of nitrogens with one attached hydrogen (secondary N) is 4. The van der Waals surface area contributed by atoms with Gasteiger partial charge in [-0.25, -0.2) is 9.59 Å². The lowest BCUT2D eigenvalue weighted by molar-refractivity contribution is 0.254. The molecular formula is C27H25N5O2. The van der Waals surface area contributed by atoms with Crippen molar-refractivity contribution in [2.24, 2.45) is 4.99 Å². The number of aliphatic imine (C=N–C) groups is 1. The molecule has 4 N–H and O–H groups in total. The predicted molar refractivity (Wildman–Crippen MR) is 140 cm³/mol. The van der Waals surface area contributed by atoms with Gasteiger partial charge in [0.1, 0.15) is 0 Å². The smallest absolute Gasteiger partial charge is 0.323 e. The molecule has 0 heterocycles. The summed E-state index contributed by atoms with van der Waals surface area (Å²) in [5, 5.41) is 13.1. The van der Waals surface area contributed by atoms with Crippen LogP contribution in [-0.4, -0.2) is 25.3 Å². The van der Waals surface area contributed by atoms with Gasteiger partial charge in [-0.15, -0.1) is 0 Å². The second kappa shape index (κ2) is 10.3. The van der Waals surface area contributed by atoms with Crippen LogP contribution in [0.15, 0.2) is 89.9 Å². The lowest BCUT2D eigenvalue weighted by atomic mass is 10.1. The highest BCUT2D eigenvalue weighted by Gasteiger charge is 2.04. The summed E-state index contributed by atoms with van der Waals surface area (Å²) in [5.74, 6) is 0. The highest BCUT2D eigenvalue weighted by atomic mass is 16.2. The second-order valence-corrected chi connectivity index (χ2v) is 7.78. The summed E-state index contributed by atoms with van der Waals surface area (Å²) in [6.07, 6.45) is 1.74. The Kier molecular flexibility index (Phi) is 6.84. The first kappa shape index (κ1) is 22.5. The van der Waals surface area contributed by atoms with Gasteiger partial charge in [0.2, 0.25) is 0 Å². The van der Waals surface area contributed by atoms with E-state index < -0.39 is 0 Å². The number of anilines is 3. The molecule has 170 valence electrons. The van der Waals surface area contributed by atoms with Gasteiger partial charge in [0.15, 0.2) is 0 Å². The first-order valence-electron chi connectivity index (χ1n) is 10.8. The van der Waals surface area contributed by atoms with Crippen LogP contribution in [0.4, 0.5) is 32.3 Å². The number of aryl methyl sites for hydroxylation is 1. The molecule has 0 unspecified atom stereocenters. The van der Waals surface area contributed by atoms with E-state index in [-0.39, 0.29) is 12.1 Å². The number of carbonyl (C=O) groups is 2. The maximum atomic E-state index is 12.4. The molecule has 0 aliphatic carbocycles. The quantitative estimate of drug-likeness (QED) is 0.268. The van der Waals surface area contributed by atoms with Gasteiger partial charge in [-0.05, 0) is 71.8 Å². The summed E-state index contributed by atoms with van der Waals surface area (Å²) < 4.78 is 0. The molecule has 0 aliphatic rings. The number of urea groups is 2. The Hall–Kier alpha value is -4.65. The van der Waals surface area contributed by atoms with E-state index in [1.807, 2.05) is 61.5 Å². The topological polar surface area (TPSA) is 94.6 Å². The molecule has 0 fully saturated rings. The molecule has 0 atom stereocenters. The Balaban J connectivity index is 1.33. The van der Waals surface area contributed by atoms with Crippen LogP contribution in [0.3, 0.4) is 0 Å². The summed E-state index contributed by atoms with van der Waals surface area (Å²) in [5.41, 5.74) is 4.92. The number of carbonyl (C=O) groups excluding carboxylic acids is 2. The van der Waals surface area contributed by atoms with Crippen LogP contribution in [0, 0.1) is 6.92 Å². The molecule has 7 nitrogen and oxygen atoms in total. The molecule has 4 amide bonds. The van der Waals surface area contributed by atoms with Gasteiger partial charge in [-0.1, -0.05) is 42.0 Å². The zero-order valence-corrected chi connectivity index (χ0v) is 18.9. The van der Waals surface area contributed by atoms with Crippen molar-refractivity contribution >= 4 is 51.8 Å². The van der Waals surface area contributed by atoms with Crippen LogP contribution in [0.2, 0.25) is 0 Å². The Morgan fingerprint density at radius 3 is 1.97 bits per heavy atom. The van der Waals surface area contributed by atoms with E-state index in [0.717, 1.165) is 27.7 Å². The van der Waals surface area contributed by atoms with Crippen LogP contribution >= 0.6 is 0 Å². The van der Waals surface area contributed by atoms with E-state index >= 15 is 0 Å². The van der Waals surface area contributed by atoms with Gasteiger partial charge < -0.3 is 21.3 Å². The molecule has 0 spiro atoms. The Bertz CT molecular complexity index is 1350. The van der Waals surface area contributed by atoms with Crippen LogP contribution in [0.5, 0.6) is 0 Å². The molecule has 0 radical (unpaired) electrons. The molecule has 0 saturated carbocycles. The van der Waals surface area contributed by atoms with E-state index in [4.69, 9.17) is 0 Å². The van der Waals surface area contributed by atoms with Gasteiger partial charge in [0.25, 0.3) is 0 Å². The summed E-state index contributed by atoms with van der Waals surface area (Å²) in [7, 11) is 1.56. The summed E-state index contributed by atoms with van der Waals surface area (Å²) in [4.78, 5) is 28.2. The molecule has 0 aliphatic heterocycles. The van der Waals surface area contributed by atoms with Crippen LogP contribution in [-0.2, 0) is 0 Å². The standard InChI is InChI=1S/C27H25N5O2/c1-18-3-6-20-7-10-25(16-21(20)15-18)32-27(34)31-23-8-4-19(5-9-23)17-29-22-11-13-24(14-12-22)30-26(33)28-2/h3-17H,1-2H3,(H2,28,30,33)(H2,31,32,34). The van der Waals surface area contributed by atoms with Gasteiger partial charge >= 0.3 is 12.1 Å². The number of hydrogen-bond acceptors (Lipinski definition) is 3. The highest BCUT2D eigenvalue weighted by molar-refractivity contribution is 6.01. The van der Waals surface area contributed by atoms with Crippen LogP contribution < -0.4 is 21.3 Å². The van der Waals surface area contributed by atoms with Crippen molar-refractivity contribution in [2.75, 3.05) is 23.0 Å². The second-order valence-electron chi connectivity index (χ2n) is 7.78. The average Bonchev–Trinajstić information content (AvgIpc) is 2.84. The number of rotatable bonds is 5. The van der Waals surface area contributed by atoms with Crippen molar-refractivity contribution in [3.8, 4) is 0 Å². The van der Waals surface area contributed by atoms with Crippen molar-refractivity contribution in [3.63, 3.8) is 0 Å². The van der Waals surface area contributed by atoms with E-state index in [2.05, 4.69) is 44.5 Å². The molecule has 0 saturated heterocycles. The molecule has 4 rings (SSSR count). The number of nitrogens with zero attached hydrogens (tertiary/aromatic N) is 1. The molecule has 4 aromatic rings. The number of fused-ring (bicyclic) bond motifs is 1. The fraction of sp³-hybridized carbons (Fsp3) is 0.0741. The number of benzene rings is 4. The monoisotopic (exact) mass is 451 g/mol. The van der Waals surface area contributed by atoms with E-state index in [1.165, 1.54) is 5.56 Å². The first-order chi connectivity index (χ1) is 16.5. The summed E-state index contributed by atoms with van der Waals surface area (Å²) in [6.45, 7) is 2.05. The fourth-order valence-electron chi connectivity index (χ4n) is 3.36. The van der Waals surface area contributed by atoms with Gasteiger partial charge in [0, 0.05) is 30.3 Å². The SMILES string of the molecule is CNC(=O)Nc1ccc(N=Cc2ccc(NC(=O)Nc3ccc4ccc(C)cc4c3)cc2)cc1. The summed E-state index contributed by atoms with van der Waals surface area (Å²) in [6, 6.07) is 26.1. The molecule has 0 bridgehead atoms. The predicted octanol–water partition coefficient (Wildman–Crippen LogP) is 6.29. The lowest BCUT2D eigenvalue weighted by Crippen LogP contribution is -2.24. The van der Waals surface area contributed by atoms with Crippen LogP contribution in [0.25, 0.3) is 10.8 Å². The minimum Gasteiger partial charge on any atom is -0.341 e. The zero-order valence-electron chi connectivity index (χ0n) is 18.9. The third kappa shape index (κ3) is 5.98. The van der Waals surface area contributed by atoms with E-state index in [1.54, 1.807) is 25.4 Å². The normalized spacial score (nSPS) is 10.8. The molecular weight excluding hydrogens is 426 g/mol. The maximum Gasteiger partial charge on any atom is 0.323 e. The molecule has 4 aromatic carbocycles. The van der Waals surface area contributed by atoms with Crippen molar-refractivity contribution in [3.05, 3.63) is 96.1 Å². The summed E-state index contributed by atoms with van der Waals surface area (Å²) >= 11 is 0. The van der Waals surface area contributed by atoms with Crippen molar-refractivity contribution < 1.29 is 9.59 Å². The largest absolute Gasteiger partial charge is 0.341 e. The molecule has 0 aromatic heterocycles. The van der Waals surface area contributed by atoms with Crippen molar-refractivity contribution in [1.82, 2.24) is 5.32 Å². The van der Waals surface area contributed by atoms with Gasteiger partial charge in [0.05, 0.1) is 5.69 Å². The minimum atomic E-state index is -0.307. The molecule has 34 heavy (non-hydrogen) atoms. The molecule has 7 heteroatoms. The van der Waals surface area contributed by atoms with Crippen LogP contribution in [0.1, 0.15) is 11.1 Å². The van der Waals surface area contributed by atoms with E-state index in [0.29, 0.717) is 11.4 Å². The van der Waals surface area contributed by atoms with Crippen molar-refractivity contribution in [2.45, 2.75) is 6.92 Å². The third-order valence-corrected chi connectivity index (χ3v) is 5.14. The maximum absolute atomic E-state index is 12.4. The van der Waals surface area contributed by atoms with Gasteiger partial charge in [-0.2, -0.15) is 0 Å². The number of amides is 4. The minimum absolute atomic E-state index is 0.272. The lowest BCUT2D eigenvalue weighted by Gasteiger charge is -2.09. The van der Waals surface area contributed by atoms with Gasteiger partial charge in [-0.3, -0.25) is 4.99 Å². The Labute approximate surface area is 197 Å². The highest BCUT2D eigenvalue weighted by Crippen LogP contribution is 2.21. The average molecular weight is 452 g/mol. The Morgan fingerprint density at radius 1 is 0.676 bits per heavy atom. The number of hydrogen-bond donors (Lipinski definition) is 4. The zero-order chi connectivity index (χ0) is 23.9. The Morgan fingerprint density at radius 2 is 1.26 bits per heavy atom. The van der Waals surface area contributed by atoms with Crippen molar-refractivity contribution in [1.29, 1.82) is 0 Å². The first-order valence-corrected chi connectivity index (χ1v) is 10.8.